The van der Waals surface area contributed by atoms with Crippen molar-refractivity contribution in [3.05, 3.63) is 87.9 Å². The van der Waals surface area contributed by atoms with Gasteiger partial charge in [0.15, 0.2) is 5.65 Å². The van der Waals surface area contributed by atoms with Gasteiger partial charge in [0.05, 0.1) is 29.7 Å². The van der Waals surface area contributed by atoms with Crippen LogP contribution in [0.1, 0.15) is 10.4 Å². The number of rotatable bonds is 4. The number of carbonyl (C=O) groups excluding carboxylic acids is 1. The molecular weight excluding hydrogens is 432 g/mol. The molecule has 0 spiro atoms. The zero-order chi connectivity index (χ0) is 22.2. The molecule has 0 atom stereocenters. The van der Waals surface area contributed by atoms with Gasteiger partial charge in [0.1, 0.15) is 11.1 Å². The van der Waals surface area contributed by atoms with Crippen LogP contribution in [0.2, 0.25) is 5.02 Å². The lowest BCUT2D eigenvalue weighted by Gasteiger charge is -2.09. The topological polar surface area (TPSA) is 98.7 Å². The maximum atomic E-state index is 12.8. The summed E-state index contributed by atoms with van der Waals surface area (Å²) >= 11 is 6.30. The van der Waals surface area contributed by atoms with Crippen molar-refractivity contribution >= 4 is 39.8 Å². The number of carbonyl (C=O) groups is 1. The Morgan fingerprint density at radius 1 is 1.12 bits per heavy atom. The molecule has 8 nitrogen and oxygen atoms in total. The van der Waals surface area contributed by atoms with Gasteiger partial charge in [-0.1, -0.05) is 35.9 Å². The van der Waals surface area contributed by atoms with Crippen LogP contribution in [-0.2, 0) is 0 Å². The first kappa shape index (κ1) is 19.8. The van der Waals surface area contributed by atoms with Crippen LogP contribution in [0.3, 0.4) is 0 Å². The number of halogens is 1. The summed E-state index contributed by atoms with van der Waals surface area (Å²) in [5, 5.41) is 7.95. The van der Waals surface area contributed by atoms with Gasteiger partial charge in [-0.2, -0.15) is 0 Å². The Labute approximate surface area is 186 Å². The van der Waals surface area contributed by atoms with Gasteiger partial charge >= 0.3 is 5.63 Å². The van der Waals surface area contributed by atoms with Crippen LogP contribution in [0.5, 0.6) is 5.88 Å². The van der Waals surface area contributed by atoms with E-state index in [1.165, 1.54) is 13.2 Å². The number of nitrogens with zero attached hydrogens (tertiary/aromatic N) is 3. The van der Waals surface area contributed by atoms with Gasteiger partial charge in [-0.3, -0.25) is 4.79 Å². The molecule has 0 aliphatic heterocycles. The van der Waals surface area contributed by atoms with Crippen molar-refractivity contribution in [3.63, 3.8) is 0 Å². The maximum Gasteiger partial charge on any atom is 0.349 e. The van der Waals surface area contributed by atoms with Crippen molar-refractivity contribution in [1.82, 2.24) is 14.6 Å². The van der Waals surface area contributed by atoms with E-state index in [1.807, 2.05) is 0 Å². The second kappa shape index (κ2) is 7.82. The number of hydrogen-bond acceptors (Lipinski definition) is 6. The molecule has 32 heavy (non-hydrogen) atoms. The average molecular weight is 447 g/mol. The van der Waals surface area contributed by atoms with Crippen molar-refractivity contribution in [2.75, 3.05) is 12.4 Å². The van der Waals surface area contributed by atoms with Crippen molar-refractivity contribution < 1.29 is 13.9 Å². The van der Waals surface area contributed by atoms with Crippen molar-refractivity contribution in [2.45, 2.75) is 0 Å². The predicted molar refractivity (Wildman–Crippen MR) is 120 cm³/mol. The fourth-order valence-electron chi connectivity index (χ4n) is 3.30. The molecule has 1 amide bonds. The molecule has 0 fully saturated rings. The summed E-state index contributed by atoms with van der Waals surface area (Å²) in [5.41, 5.74) is 1.87. The number of methoxy groups -OCH3 is 1. The van der Waals surface area contributed by atoms with Crippen LogP contribution in [-0.4, -0.2) is 27.6 Å². The van der Waals surface area contributed by atoms with E-state index in [-0.39, 0.29) is 5.56 Å². The van der Waals surface area contributed by atoms with Crippen LogP contribution in [0.25, 0.3) is 27.9 Å². The second-order valence-electron chi connectivity index (χ2n) is 6.94. The van der Waals surface area contributed by atoms with Crippen molar-refractivity contribution in [1.29, 1.82) is 0 Å². The number of hydrogen-bond donors (Lipinski definition) is 1. The molecule has 2 aromatic carbocycles. The van der Waals surface area contributed by atoms with Gasteiger partial charge in [-0.25, -0.2) is 14.3 Å². The van der Waals surface area contributed by atoms with Gasteiger partial charge < -0.3 is 14.5 Å². The van der Waals surface area contributed by atoms with E-state index in [0.29, 0.717) is 44.5 Å². The van der Waals surface area contributed by atoms with Gasteiger partial charge in [0.2, 0.25) is 5.88 Å². The lowest BCUT2D eigenvalue weighted by Crippen LogP contribution is -2.20. The van der Waals surface area contributed by atoms with Crippen molar-refractivity contribution in [2.24, 2.45) is 0 Å². The number of para-hydroxylation sites is 1. The molecule has 0 radical (unpaired) electrons. The van der Waals surface area contributed by atoms with Gasteiger partial charge in [0, 0.05) is 17.0 Å². The minimum atomic E-state index is -0.728. The fourth-order valence-corrected chi connectivity index (χ4v) is 3.47. The van der Waals surface area contributed by atoms with Gasteiger partial charge in [-0.05, 0) is 30.3 Å². The monoisotopic (exact) mass is 446 g/mol. The number of imidazole rings is 1. The Bertz CT molecular complexity index is 1560. The molecule has 0 aliphatic carbocycles. The molecule has 0 bridgehead atoms. The highest BCUT2D eigenvalue weighted by Crippen LogP contribution is 2.29. The first-order valence-electron chi connectivity index (χ1n) is 9.56. The van der Waals surface area contributed by atoms with E-state index < -0.39 is 11.5 Å². The minimum Gasteiger partial charge on any atom is -0.480 e. The predicted octanol–water partition coefficient (Wildman–Crippen LogP) is 4.42. The molecule has 158 valence electrons. The maximum absolute atomic E-state index is 12.8. The summed E-state index contributed by atoms with van der Waals surface area (Å²) in [7, 11) is 1.54. The summed E-state index contributed by atoms with van der Waals surface area (Å²) in [6.45, 7) is 0. The fraction of sp³-hybridized carbons (Fsp3) is 0.0435. The molecule has 0 saturated heterocycles. The normalized spacial score (nSPS) is 11.1. The third-order valence-electron chi connectivity index (χ3n) is 4.90. The molecule has 0 aliphatic rings. The Morgan fingerprint density at radius 3 is 2.81 bits per heavy atom. The van der Waals surface area contributed by atoms with E-state index in [9.17, 15) is 9.59 Å². The van der Waals surface area contributed by atoms with Crippen LogP contribution < -0.4 is 15.7 Å². The van der Waals surface area contributed by atoms with Crippen LogP contribution in [0, 0.1) is 0 Å². The standard InChI is InChI=1S/C23H15ClN4O4/c1-31-21-9-8-20-25-18(12-28(20)27-21)13-6-7-16(24)17(11-13)26-22(29)15-10-14-4-2-3-5-19(14)32-23(15)30/h2-12H,1H3,(H,26,29). The summed E-state index contributed by atoms with van der Waals surface area (Å²) in [5.74, 6) is -0.162. The summed E-state index contributed by atoms with van der Waals surface area (Å²) in [6.07, 6.45) is 1.74. The quantitative estimate of drug-likeness (QED) is 0.410. The Kier molecular flexibility index (Phi) is 4.84. The lowest BCUT2D eigenvalue weighted by molar-refractivity contribution is 0.102. The summed E-state index contributed by atoms with van der Waals surface area (Å²) in [4.78, 5) is 29.7. The summed E-state index contributed by atoms with van der Waals surface area (Å²) < 4.78 is 12.0. The molecule has 1 N–H and O–H groups in total. The highest BCUT2D eigenvalue weighted by Gasteiger charge is 2.16. The van der Waals surface area contributed by atoms with E-state index in [1.54, 1.807) is 65.3 Å². The molecule has 0 saturated carbocycles. The number of anilines is 1. The van der Waals surface area contributed by atoms with E-state index in [2.05, 4.69) is 15.4 Å². The molecular formula is C23H15ClN4O4. The summed E-state index contributed by atoms with van der Waals surface area (Å²) in [6, 6.07) is 17.1. The zero-order valence-electron chi connectivity index (χ0n) is 16.7. The smallest absolute Gasteiger partial charge is 0.349 e. The third-order valence-corrected chi connectivity index (χ3v) is 5.23. The molecule has 5 rings (SSSR count). The molecule has 3 aromatic heterocycles. The number of amides is 1. The Morgan fingerprint density at radius 2 is 1.97 bits per heavy atom. The van der Waals surface area contributed by atoms with Gasteiger partial charge in [-0.15, -0.1) is 5.10 Å². The number of fused-ring (bicyclic) bond motifs is 2. The van der Waals surface area contributed by atoms with E-state index in [0.717, 1.165) is 0 Å². The molecule has 3 heterocycles. The van der Waals surface area contributed by atoms with Crippen LogP contribution in [0.15, 0.2) is 76.1 Å². The minimum absolute atomic E-state index is 0.116. The highest BCUT2D eigenvalue weighted by molar-refractivity contribution is 6.34. The van der Waals surface area contributed by atoms with Gasteiger partial charge in [0.25, 0.3) is 5.91 Å². The number of benzene rings is 2. The molecule has 5 aromatic rings. The highest BCUT2D eigenvalue weighted by atomic mass is 35.5. The molecule has 0 unspecified atom stereocenters. The number of nitrogens with one attached hydrogen (secondary N) is 1. The Balaban J connectivity index is 1.49. The first-order valence-corrected chi connectivity index (χ1v) is 9.94. The number of aromatic nitrogens is 3. The van der Waals surface area contributed by atoms with Crippen LogP contribution >= 0.6 is 11.6 Å². The zero-order valence-corrected chi connectivity index (χ0v) is 17.5. The van der Waals surface area contributed by atoms with Crippen LogP contribution in [0.4, 0.5) is 5.69 Å². The van der Waals surface area contributed by atoms with Crippen molar-refractivity contribution in [3.8, 4) is 17.1 Å². The third kappa shape index (κ3) is 3.57. The Hall–Kier alpha value is -4.17. The van der Waals surface area contributed by atoms with E-state index >= 15 is 0 Å². The van der Waals surface area contributed by atoms with E-state index in [4.69, 9.17) is 20.8 Å². The number of ether oxygens (including phenoxy) is 1. The average Bonchev–Trinajstić information content (AvgIpc) is 3.23. The SMILES string of the molecule is COc1ccc2nc(-c3ccc(Cl)c(NC(=O)c4cc5ccccc5oc4=O)c3)cn2n1. The largest absolute Gasteiger partial charge is 0.480 e. The first-order chi connectivity index (χ1) is 15.5. The molecule has 9 heteroatoms. The second-order valence-corrected chi connectivity index (χ2v) is 7.35. The lowest BCUT2D eigenvalue weighted by atomic mass is 10.1.